The largest absolute Gasteiger partial charge is 0.348 e. The van der Waals surface area contributed by atoms with Gasteiger partial charge >= 0.3 is 0 Å². The monoisotopic (exact) mass is 273 g/mol. The van der Waals surface area contributed by atoms with Crippen LogP contribution in [0, 0.1) is 0 Å². The Morgan fingerprint density at radius 1 is 1.10 bits per heavy atom. The van der Waals surface area contributed by atoms with Crippen LogP contribution in [-0.4, -0.2) is 14.1 Å². The number of aryl methyl sites for hydroxylation is 1. The lowest BCUT2D eigenvalue weighted by molar-refractivity contribution is 0.602. The third kappa shape index (κ3) is 1.46. The summed E-state index contributed by atoms with van der Waals surface area (Å²) in [5, 5.41) is 0. The Kier molecular flexibility index (Phi) is 2.11. The standard InChI is InChI=1S/C18H15N3/c1-2-6-16-15(5-1)17-11-19-12-21(17)18(16)13-7-9-20-8-3-4-14(20)10-13/h1-6,8,10-12,18H,7,9H2. The molecule has 2 aliphatic heterocycles. The van der Waals surface area contributed by atoms with E-state index in [1.807, 2.05) is 12.5 Å². The van der Waals surface area contributed by atoms with E-state index in [2.05, 4.69) is 62.8 Å². The zero-order valence-electron chi connectivity index (χ0n) is 11.6. The van der Waals surface area contributed by atoms with Crippen molar-refractivity contribution in [3.05, 3.63) is 71.9 Å². The molecule has 1 aromatic carbocycles. The molecule has 4 heterocycles. The molecule has 102 valence electrons. The van der Waals surface area contributed by atoms with Gasteiger partial charge in [-0.2, -0.15) is 0 Å². The van der Waals surface area contributed by atoms with E-state index in [1.165, 1.54) is 28.1 Å². The smallest absolute Gasteiger partial charge is 0.0959 e. The average molecular weight is 273 g/mol. The van der Waals surface area contributed by atoms with Crippen molar-refractivity contribution in [2.75, 3.05) is 0 Å². The highest BCUT2D eigenvalue weighted by atomic mass is 15.1. The number of hydrogen-bond acceptors (Lipinski definition) is 1. The van der Waals surface area contributed by atoms with Gasteiger partial charge in [-0.3, -0.25) is 0 Å². The third-order valence-electron chi connectivity index (χ3n) is 4.67. The molecule has 1 unspecified atom stereocenters. The van der Waals surface area contributed by atoms with E-state index in [0.29, 0.717) is 6.04 Å². The van der Waals surface area contributed by atoms with E-state index in [1.54, 1.807) is 0 Å². The molecule has 0 radical (unpaired) electrons. The van der Waals surface area contributed by atoms with Crippen LogP contribution in [-0.2, 0) is 6.54 Å². The lowest BCUT2D eigenvalue weighted by Crippen LogP contribution is -2.14. The van der Waals surface area contributed by atoms with Gasteiger partial charge in [-0.05, 0) is 35.8 Å². The molecule has 0 spiro atoms. The van der Waals surface area contributed by atoms with Gasteiger partial charge < -0.3 is 9.13 Å². The normalized spacial score (nSPS) is 18.9. The Balaban J connectivity index is 1.71. The molecule has 0 N–H and O–H groups in total. The topological polar surface area (TPSA) is 22.8 Å². The molecule has 1 atom stereocenters. The number of nitrogens with zero attached hydrogens (tertiary/aromatic N) is 3. The molecule has 0 saturated heterocycles. The molecular formula is C18H15N3. The summed E-state index contributed by atoms with van der Waals surface area (Å²) in [7, 11) is 0. The second-order valence-electron chi connectivity index (χ2n) is 5.77. The highest BCUT2D eigenvalue weighted by molar-refractivity contribution is 5.72. The fourth-order valence-corrected chi connectivity index (χ4v) is 3.71. The van der Waals surface area contributed by atoms with Crippen molar-refractivity contribution in [1.29, 1.82) is 0 Å². The van der Waals surface area contributed by atoms with Gasteiger partial charge in [0.05, 0.1) is 24.3 Å². The predicted octanol–water partition coefficient (Wildman–Crippen LogP) is 3.74. The minimum atomic E-state index is 0.308. The average Bonchev–Trinajstić information content (AvgIpc) is 3.21. The van der Waals surface area contributed by atoms with E-state index < -0.39 is 0 Å². The molecule has 3 aromatic rings. The van der Waals surface area contributed by atoms with Gasteiger partial charge in [0.2, 0.25) is 0 Å². The second kappa shape index (κ2) is 3.98. The molecule has 0 bridgehead atoms. The van der Waals surface area contributed by atoms with Gasteiger partial charge in [0.1, 0.15) is 0 Å². The SMILES string of the molecule is C1=C(C2c3ccccc3-c3cncn32)CCn2cccc21. The highest BCUT2D eigenvalue weighted by Crippen LogP contribution is 2.44. The van der Waals surface area contributed by atoms with Crippen molar-refractivity contribution >= 4 is 6.08 Å². The van der Waals surface area contributed by atoms with Crippen LogP contribution in [0.1, 0.15) is 23.7 Å². The Bertz CT molecular complexity index is 866. The number of imidazole rings is 1. The number of benzene rings is 1. The molecule has 0 amide bonds. The second-order valence-corrected chi connectivity index (χ2v) is 5.77. The van der Waals surface area contributed by atoms with Gasteiger partial charge in [0.15, 0.2) is 0 Å². The van der Waals surface area contributed by atoms with Crippen LogP contribution in [0.4, 0.5) is 0 Å². The number of rotatable bonds is 1. The van der Waals surface area contributed by atoms with Gasteiger partial charge in [0, 0.05) is 24.0 Å². The maximum Gasteiger partial charge on any atom is 0.0959 e. The Morgan fingerprint density at radius 3 is 3.05 bits per heavy atom. The summed E-state index contributed by atoms with van der Waals surface area (Å²) < 4.78 is 4.63. The first-order valence-electron chi connectivity index (χ1n) is 7.38. The lowest BCUT2D eigenvalue weighted by Gasteiger charge is -2.23. The number of allylic oxidation sites excluding steroid dienone is 1. The van der Waals surface area contributed by atoms with Crippen molar-refractivity contribution < 1.29 is 0 Å². The van der Waals surface area contributed by atoms with E-state index in [9.17, 15) is 0 Å². The molecule has 5 rings (SSSR count). The molecule has 21 heavy (non-hydrogen) atoms. The van der Waals surface area contributed by atoms with Gasteiger partial charge in [-0.1, -0.05) is 24.3 Å². The summed E-state index contributed by atoms with van der Waals surface area (Å²) >= 11 is 0. The molecule has 0 aliphatic carbocycles. The van der Waals surface area contributed by atoms with Crippen molar-refractivity contribution in [1.82, 2.24) is 14.1 Å². The van der Waals surface area contributed by atoms with Crippen molar-refractivity contribution in [2.45, 2.75) is 19.0 Å². The summed E-state index contributed by atoms with van der Waals surface area (Å²) in [6.07, 6.45) is 9.55. The maximum atomic E-state index is 4.35. The van der Waals surface area contributed by atoms with Gasteiger partial charge in [0.25, 0.3) is 0 Å². The maximum absolute atomic E-state index is 4.35. The van der Waals surface area contributed by atoms with Crippen LogP contribution in [0.25, 0.3) is 17.3 Å². The molecule has 0 fully saturated rings. The highest BCUT2D eigenvalue weighted by Gasteiger charge is 2.31. The Hall–Kier alpha value is -2.55. The van der Waals surface area contributed by atoms with Gasteiger partial charge in [-0.25, -0.2) is 4.98 Å². The van der Waals surface area contributed by atoms with Crippen LogP contribution in [0.3, 0.4) is 0 Å². The van der Waals surface area contributed by atoms with E-state index in [0.717, 1.165) is 13.0 Å². The quantitative estimate of drug-likeness (QED) is 0.662. The van der Waals surface area contributed by atoms with Crippen molar-refractivity contribution in [3.8, 4) is 11.3 Å². The summed E-state index contributed by atoms with van der Waals surface area (Å²) in [4.78, 5) is 4.35. The molecule has 2 aliphatic rings. The zero-order chi connectivity index (χ0) is 13.8. The van der Waals surface area contributed by atoms with Crippen molar-refractivity contribution in [2.24, 2.45) is 0 Å². The minimum absolute atomic E-state index is 0.308. The fraction of sp³-hybridized carbons (Fsp3) is 0.167. The van der Waals surface area contributed by atoms with Crippen LogP contribution >= 0.6 is 0 Å². The Labute approximate surface area is 123 Å². The Morgan fingerprint density at radius 2 is 2.05 bits per heavy atom. The summed E-state index contributed by atoms with van der Waals surface area (Å²) in [6.45, 7) is 1.07. The zero-order valence-corrected chi connectivity index (χ0v) is 11.6. The summed E-state index contributed by atoms with van der Waals surface area (Å²) in [6, 6.07) is 13.3. The van der Waals surface area contributed by atoms with Crippen molar-refractivity contribution in [3.63, 3.8) is 0 Å². The lowest BCUT2D eigenvalue weighted by atomic mass is 9.93. The molecule has 0 saturated carbocycles. The third-order valence-corrected chi connectivity index (χ3v) is 4.67. The first-order valence-corrected chi connectivity index (χ1v) is 7.38. The van der Waals surface area contributed by atoms with Crippen LogP contribution in [0.2, 0.25) is 0 Å². The van der Waals surface area contributed by atoms with E-state index >= 15 is 0 Å². The number of fused-ring (bicyclic) bond motifs is 4. The summed E-state index contributed by atoms with van der Waals surface area (Å²) in [5.74, 6) is 0. The number of hydrogen-bond donors (Lipinski definition) is 0. The van der Waals surface area contributed by atoms with Crippen LogP contribution in [0.5, 0.6) is 0 Å². The molecule has 3 nitrogen and oxygen atoms in total. The molecular weight excluding hydrogens is 258 g/mol. The van der Waals surface area contributed by atoms with E-state index in [-0.39, 0.29) is 0 Å². The molecule has 2 aromatic heterocycles. The predicted molar refractivity (Wildman–Crippen MR) is 82.8 cm³/mol. The van der Waals surface area contributed by atoms with E-state index in [4.69, 9.17) is 0 Å². The minimum Gasteiger partial charge on any atom is -0.348 e. The first-order chi connectivity index (χ1) is 10.4. The van der Waals surface area contributed by atoms with Crippen LogP contribution in [0.15, 0.2) is 60.7 Å². The number of aromatic nitrogens is 3. The fourth-order valence-electron chi connectivity index (χ4n) is 3.71. The summed E-state index contributed by atoms with van der Waals surface area (Å²) in [5.41, 5.74) is 6.74. The molecule has 3 heteroatoms. The van der Waals surface area contributed by atoms with Gasteiger partial charge in [-0.15, -0.1) is 0 Å². The van der Waals surface area contributed by atoms with Crippen LogP contribution < -0.4 is 0 Å². The first kappa shape index (κ1) is 11.1.